The molecule has 32 heavy (non-hydrogen) atoms. The van der Waals surface area contributed by atoms with Crippen LogP contribution in [0.4, 0.5) is 4.39 Å². The number of carbonyl (C=O) groups excluding carboxylic acids is 1. The molecule has 164 valence electrons. The number of aryl methyl sites for hydroxylation is 1. The van der Waals surface area contributed by atoms with Crippen LogP contribution in [0.25, 0.3) is 11.3 Å². The first-order valence-corrected chi connectivity index (χ1v) is 11.0. The molecule has 5 heterocycles. The lowest BCUT2D eigenvalue weighted by Gasteiger charge is -2.57. The molecule has 0 N–H and O–H groups in total. The Hall–Kier alpha value is -3.35. The average molecular weight is 432 g/mol. The summed E-state index contributed by atoms with van der Waals surface area (Å²) >= 11 is 0. The maximum atomic E-state index is 13.9. The topological polar surface area (TPSA) is 68.2 Å². The highest BCUT2D eigenvalue weighted by Gasteiger charge is 2.51. The first kappa shape index (κ1) is 20.5. The first-order valence-electron chi connectivity index (χ1n) is 11.0. The zero-order valence-electron chi connectivity index (χ0n) is 18.1. The van der Waals surface area contributed by atoms with Crippen molar-refractivity contribution in [3.63, 3.8) is 0 Å². The second-order valence-electron chi connectivity index (χ2n) is 8.71. The maximum Gasteiger partial charge on any atom is 0.273 e. The summed E-state index contributed by atoms with van der Waals surface area (Å²) in [5.41, 5.74) is 2.66. The van der Waals surface area contributed by atoms with Crippen molar-refractivity contribution >= 4 is 5.91 Å². The van der Waals surface area contributed by atoms with E-state index in [1.54, 1.807) is 6.20 Å². The molecule has 6 rings (SSSR count). The zero-order chi connectivity index (χ0) is 22.2. The Labute approximate surface area is 186 Å². The highest BCUT2D eigenvalue weighted by atomic mass is 19.1. The summed E-state index contributed by atoms with van der Waals surface area (Å²) < 4.78 is 19.1. The average Bonchev–Trinajstić information content (AvgIpc) is 2.78. The summed E-state index contributed by atoms with van der Waals surface area (Å²) in [7, 11) is 0. The Kier molecular flexibility index (Phi) is 5.33. The fourth-order valence-electron chi connectivity index (χ4n) is 4.86. The molecule has 1 amide bonds. The molecule has 3 fully saturated rings. The molecule has 0 radical (unpaired) electrons. The van der Waals surface area contributed by atoms with Crippen molar-refractivity contribution in [3.8, 4) is 17.1 Å². The van der Waals surface area contributed by atoms with Gasteiger partial charge in [0.05, 0.1) is 17.9 Å². The molecule has 6 nitrogen and oxygen atoms in total. The summed E-state index contributed by atoms with van der Waals surface area (Å²) in [4.78, 5) is 28.9. The minimum Gasteiger partial charge on any atom is -0.475 e. The quantitative estimate of drug-likeness (QED) is 0.601. The predicted molar refractivity (Wildman–Crippen MR) is 118 cm³/mol. The number of amides is 1. The summed E-state index contributed by atoms with van der Waals surface area (Å²) in [6, 6.07) is 12.4. The van der Waals surface area contributed by atoms with Crippen LogP contribution >= 0.6 is 0 Å². The largest absolute Gasteiger partial charge is 0.475 e. The van der Waals surface area contributed by atoms with Crippen LogP contribution in [0.1, 0.15) is 35.9 Å². The van der Waals surface area contributed by atoms with E-state index in [4.69, 9.17) is 4.74 Å². The summed E-state index contributed by atoms with van der Waals surface area (Å²) in [5.74, 6) is 0.721. The van der Waals surface area contributed by atoms with Crippen LogP contribution in [0.15, 0.2) is 54.9 Å². The number of rotatable bonds is 5. The number of ether oxygens (including phenoxy) is 1. The van der Waals surface area contributed by atoms with Crippen molar-refractivity contribution in [1.82, 2.24) is 19.9 Å². The first-order chi connectivity index (χ1) is 15.5. The molecule has 7 heteroatoms. The van der Waals surface area contributed by atoms with Crippen LogP contribution in [0, 0.1) is 24.6 Å². The Balaban J connectivity index is 1.46. The molecule has 2 aliphatic heterocycles. The molecule has 2 atom stereocenters. The lowest BCUT2D eigenvalue weighted by atomic mass is 9.64. The Morgan fingerprint density at radius 1 is 1.16 bits per heavy atom. The SMILES string of the molecule is Cc1ccc(-c2ccccn2)c(C(=O)N2C3CC(C3)[C@@H](C)[C@H]2COc2ccc(F)cn2)n1. The molecule has 3 aromatic heterocycles. The van der Waals surface area contributed by atoms with Gasteiger partial charge >= 0.3 is 0 Å². The van der Waals surface area contributed by atoms with Gasteiger partial charge in [-0.2, -0.15) is 0 Å². The number of carbonyl (C=O) groups is 1. The fraction of sp³-hybridized carbons (Fsp3) is 0.360. The molecular formula is C25H25FN4O2. The number of fused-ring (bicyclic) bond motifs is 2. The molecule has 1 aliphatic carbocycles. The molecule has 0 spiro atoms. The number of piperidine rings is 2. The van der Waals surface area contributed by atoms with Gasteiger partial charge in [0.15, 0.2) is 0 Å². The van der Waals surface area contributed by atoms with E-state index >= 15 is 0 Å². The van der Waals surface area contributed by atoms with Crippen LogP contribution in [0.5, 0.6) is 5.88 Å². The van der Waals surface area contributed by atoms with E-state index in [1.807, 2.05) is 42.2 Å². The van der Waals surface area contributed by atoms with Crippen LogP contribution in [0.3, 0.4) is 0 Å². The van der Waals surface area contributed by atoms with Gasteiger partial charge in [-0.3, -0.25) is 9.78 Å². The number of pyridine rings is 3. The summed E-state index contributed by atoms with van der Waals surface area (Å²) in [5, 5.41) is 0. The van der Waals surface area contributed by atoms with Crippen LogP contribution in [-0.4, -0.2) is 44.4 Å². The third kappa shape index (κ3) is 3.72. The summed E-state index contributed by atoms with van der Waals surface area (Å²) in [6.45, 7) is 4.37. The molecule has 3 aliphatic rings. The van der Waals surface area contributed by atoms with Gasteiger partial charge in [0.25, 0.3) is 5.91 Å². The molecule has 2 bridgehead atoms. The number of halogens is 1. The Morgan fingerprint density at radius 3 is 2.72 bits per heavy atom. The van der Waals surface area contributed by atoms with Crippen molar-refractivity contribution in [3.05, 3.63) is 72.1 Å². The molecule has 2 saturated heterocycles. The minimum atomic E-state index is -0.408. The van der Waals surface area contributed by atoms with Gasteiger partial charge in [0.1, 0.15) is 18.1 Å². The Morgan fingerprint density at radius 2 is 2.00 bits per heavy atom. The number of hydrogen-bond acceptors (Lipinski definition) is 5. The van der Waals surface area contributed by atoms with Gasteiger partial charge in [-0.25, -0.2) is 14.4 Å². The lowest BCUT2D eigenvalue weighted by molar-refractivity contribution is -0.0676. The normalized spacial score (nSPS) is 24.0. The third-order valence-corrected chi connectivity index (χ3v) is 6.77. The van der Waals surface area contributed by atoms with E-state index in [0.29, 0.717) is 24.1 Å². The van der Waals surface area contributed by atoms with Crippen molar-refractivity contribution in [2.45, 2.75) is 38.8 Å². The van der Waals surface area contributed by atoms with Crippen molar-refractivity contribution in [2.24, 2.45) is 11.8 Å². The van der Waals surface area contributed by atoms with E-state index in [2.05, 4.69) is 21.9 Å². The molecule has 0 unspecified atom stereocenters. The second-order valence-corrected chi connectivity index (χ2v) is 8.71. The van der Waals surface area contributed by atoms with E-state index in [-0.39, 0.29) is 23.9 Å². The zero-order valence-corrected chi connectivity index (χ0v) is 18.1. The van der Waals surface area contributed by atoms with E-state index in [1.165, 1.54) is 12.1 Å². The number of hydrogen-bond donors (Lipinski definition) is 0. The predicted octanol–water partition coefficient (Wildman–Crippen LogP) is 4.30. The van der Waals surface area contributed by atoms with Crippen LogP contribution in [0.2, 0.25) is 0 Å². The number of nitrogens with zero attached hydrogens (tertiary/aromatic N) is 4. The van der Waals surface area contributed by atoms with Crippen molar-refractivity contribution in [2.75, 3.05) is 6.61 Å². The Bertz CT molecular complexity index is 1120. The van der Waals surface area contributed by atoms with Crippen LogP contribution < -0.4 is 4.74 Å². The monoisotopic (exact) mass is 432 g/mol. The van der Waals surface area contributed by atoms with Gasteiger partial charge < -0.3 is 9.64 Å². The highest BCUT2D eigenvalue weighted by Crippen LogP contribution is 2.47. The van der Waals surface area contributed by atoms with E-state index in [0.717, 1.165) is 36.0 Å². The number of aromatic nitrogens is 3. The van der Waals surface area contributed by atoms with E-state index < -0.39 is 5.82 Å². The third-order valence-electron chi connectivity index (χ3n) is 6.77. The van der Waals surface area contributed by atoms with Crippen molar-refractivity contribution in [1.29, 1.82) is 0 Å². The molecule has 0 aromatic carbocycles. The fourth-order valence-corrected chi connectivity index (χ4v) is 4.86. The maximum absolute atomic E-state index is 13.9. The van der Waals surface area contributed by atoms with Crippen LogP contribution in [-0.2, 0) is 0 Å². The van der Waals surface area contributed by atoms with Gasteiger partial charge in [-0.05, 0) is 61.9 Å². The van der Waals surface area contributed by atoms with Crippen molar-refractivity contribution < 1.29 is 13.9 Å². The highest BCUT2D eigenvalue weighted by molar-refractivity contribution is 5.99. The molecule has 1 saturated carbocycles. The second kappa shape index (κ2) is 8.30. The van der Waals surface area contributed by atoms with Gasteiger partial charge in [0.2, 0.25) is 5.88 Å². The van der Waals surface area contributed by atoms with Gasteiger partial charge in [0, 0.05) is 29.6 Å². The molecular weight excluding hydrogens is 407 g/mol. The minimum absolute atomic E-state index is 0.0926. The van der Waals surface area contributed by atoms with Gasteiger partial charge in [-0.1, -0.05) is 13.0 Å². The van der Waals surface area contributed by atoms with Gasteiger partial charge in [-0.15, -0.1) is 0 Å². The lowest BCUT2D eigenvalue weighted by Crippen LogP contribution is -2.64. The summed E-state index contributed by atoms with van der Waals surface area (Å²) in [6.07, 6.45) is 4.86. The smallest absolute Gasteiger partial charge is 0.273 e. The molecule has 3 aromatic rings. The standard InChI is InChI=1S/C25H25FN4O2/c1-15-6-8-20(21-5-3-4-10-27-21)24(29-15)25(31)30-19-11-17(12-19)16(2)22(30)14-32-23-9-7-18(26)13-28-23/h3-10,13,16-17,19,22H,11-12,14H2,1-2H3/t16-,17?,19?,22-/m1/s1. The van der Waals surface area contributed by atoms with E-state index in [9.17, 15) is 9.18 Å².